The van der Waals surface area contributed by atoms with Crippen LogP contribution >= 0.6 is 11.8 Å². The molecule has 0 fully saturated rings. The number of rotatable bonds is 5. The van der Waals surface area contributed by atoms with Crippen LogP contribution in [0.5, 0.6) is 0 Å². The zero-order chi connectivity index (χ0) is 8.81. The molecule has 0 aromatic carbocycles. The lowest BCUT2D eigenvalue weighted by molar-refractivity contribution is 0.560. The van der Waals surface area contributed by atoms with E-state index in [1.807, 2.05) is 11.8 Å². The van der Waals surface area contributed by atoms with Gasteiger partial charge in [0, 0.05) is 6.54 Å². The number of nitrogens with zero attached hydrogens (tertiary/aromatic N) is 4. The average molecular weight is 187 g/mol. The van der Waals surface area contributed by atoms with Gasteiger partial charge in [-0.2, -0.15) is 11.8 Å². The van der Waals surface area contributed by atoms with Crippen molar-refractivity contribution >= 4 is 17.7 Å². The van der Waals surface area contributed by atoms with Gasteiger partial charge in [0.1, 0.15) is 0 Å². The highest BCUT2D eigenvalue weighted by Crippen LogP contribution is 2.02. The predicted octanol–water partition coefficient (Wildman–Crippen LogP) is 0.398. The maximum Gasteiger partial charge on any atom is 0.240 e. The molecular weight excluding hydrogens is 174 g/mol. The summed E-state index contributed by atoms with van der Waals surface area (Å²) in [6.45, 7) is 0.819. The van der Waals surface area contributed by atoms with E-state index in [1.54, 1.807) is 4.68 Å². The minimum Gasteiger partial charge on any atom is -0.367 e. The number of thioether (sulfide) groups is 1. The Morgan fingerprint density at radius 2 is 2.33 bits per heavy atom. The van der Waals surface area contributed by atoms with Gasteiger partial charge in [0.2, 0.25) is 5.95 Å². The molecular formula is C6H13N5S. The summed E-state index contributed by atoms with van der Waals surface area (Å²) in [6, 6.07) is 0. The molecule has 1 aromatic rings. The van der Waals surface area contributed by atoms with Crippen LogP contribution in [0.15, 0.2) is 0 Å². The van der Waals surface area contributed by atoms with Crippen molar-refractivity contribution in [3.63, 3.8) is 0 Å². The zero-order valence-electron chi connectivity index (χ0n) is 7.10. The molecule has 0 radical (unpaired) electrons. The first-order chi connectivity index (χ1) is 5.84. The van der Waals surface area contributed by atoms with E-state index in [9.17, 15) is 0 Å². The van der Waals surface area contributed by atoms with E-state index in [2.05, 4.69) is 21.8 Å². The molecule has 0 aliphatic carbocycles. The number of hydrogen-bond acceptors (Lipinski definition) is 5. The van der Waals surface area contributed by atoms with Gasteiger partial charge in [0.15, 0.2) is 0 Å². The van der Waals surface area contributed by atoms with E-state index in [4.69, 9.17) is 5.73 Å². The zero-order valence-corrected chi connectivity index (χ0v) is 7.92. The molecule has 0 unspecified atom stereocenters. The Morgan fingerprint density at radius 3 is 2.92 bits per heavy atom. The molecule has 68 valence electrons. The summed E-state index contributed by atoms with van der Waals surface area (Å²) < 4.78 is 1.63. The molecule has 1 heterocycles. The van der Waals surface area contributed by atoms with E-state index in [0.29, 0.717) is 5.95 Å². The van der Waals surface area contributed by atoms with Crippen molar-refractivity contribution in [1.29, 1.82) is 0 Å². The molecule has 2 N–H and O–H groups in total. The van der Waals surface area contributed by atoms with E-state index in [1.165, 1.54) is 12.2 Å². The fraction of sp³-hybridized carbons (Fsp3) is 0.833. The Hall–Kier alpha value is -0.780. The van der Waals surface area contributed by atoms with Crippen molar-refractivity contribution in [2.75, 3.05) is 17.7 Å². The monoisotopic (exact) mass is 187 g/mol. The van der Waals surface area contributed by atoms with Gasteiger partial charge in [-0.25, -0.2) is 4.68 Å². The summed E-state index contributed by atoms with van der Waals surface area (Å²) in [5, 5.41) is 10.8. The first-order valence-corrected chi connectivity index (χ1v) is 5.24. The molecule has 1 rings (SSSR count). The van der Waals surface area contributed by atoms with Crippen LogP contribution in [0.2, 0.25) is 0 Å². The van der Waals surface area contributed by atoms with Crippen molar-refractivity contribution < 1.29 is 0 Å². The summed E-state index contributed by atoms with van der Waals surface area (Å²) in [5.41, 5.74) is 5.48. The smallest absolute Gasteiger partial charge is 0.240 e. The quantitative estimate of drug-likeness (QED) is 0.676. The Bertz CT molecular complexity index is 223. The fourth-order valence-corrected chi connectivity index (χ4v) is 1.37. The van der Waals surface area contributed by atoms with Crippen molar-refractivity contribution in [2.45, 2.75) is 19.4 Å². The number of nitrogens with two attached hydrogens (primary N) is 1. The highest BCUT2D eigenvalue weighted by atomic mass is 32.2. The van der Waals surface area contributed by atoms with Gasteiger partial charge in [-0.15, -0.1) is 0 Å². The van der Waals surface area contributed by atoms with Gasteiger partial charge < -0.3 is 5.73 Å². The first-order valence-electron chi connectivity index (χ1n) is 3.85. The number of nitrogen functional groups attached to an aromatic ring is 1. The van der Waals surface area contributed by atoms with E-state index in [-0.39, 0.29) is 0 Å². The molecule has 0 aliphatic rings. The topological polar surface area (TPSA) is 69.6 Å². The maximum atomic E-state index is 5.48. The van der Waals surface area contributed by atoms with Crippen LogP contribution in [-0.2, 0) is 6.54 Å². The largest absolute Gasteiger partial charge is 0.367 e. The highest BCUT2D eigenvalue weighted by molar-refractivity contribution is 7.98. The first kappa shape index (κ1) is 9.31. The van der Waals surface area contributed by atoms with E-state index < -0.39 is 0 Å². The van der Waals surface area contributed by atoms with Crippen molar-refractivity contribution in [3.8, 4) is 0 Å². The maximum absolute atomic E-state index is 5.48. The summed E-state index contributed by atoms with van der Waals surface area (Å²) >= 11 is 1.85. The second kappa shape index (κ2) is 4.97. The third-order valence-electron chi connectivity index (χ3n) is 1.53. The molecule has 0 bridgehead atoms. The van der Waals surface area contributed by atoms with Gasteiger partial charge in [-0.05, 0) is 35.3 Å². The number of unbranched alkanes of at least 4 members (excludes halogenated alkanes) is 1. The molecule has 0 saturated heterocycles. The third-order valence-corrected chi connectivity index (χ3v) is 2.22. The lowest BCUT2D eigenvalue weighted by Crippen LogP contribution is -2.05. The summed E-state index contributed by atoms with van der Waals surface area (Å²) in [6.07, 6.45) is 4.36. The van der Waals surface area contributed by atoms with Gasteiger partial charge in [-0.3, -0.25) is 0 Å². The van der Waals surface area contributed by atoms with E-state index in [0.717, 1.165) is 13.0 Å². The summed E-state index contributed by atoms with van der Waals surface area (Å²) in [5.74, 6) is 1.58. The lowest BCUT2D eigenvalue weighted by atomic mass is 10.3. The molecule has 0 saturated carbocycles. The number of aryl methyl sites for hydroxylation is 1. The van der Waals surface area contributed by atoms with E-state index >= 15 is 0 Å². The molecule has 0 aliphatic heterocycles. The van der Waals surface area contributed by atoms with Crippen molar-refractivity contribution in [2.24, 2.45) is 0 Å². The Morgan fingerprint density at radius 1 is 1.50 bits per heavy atom. The van der Waals surface area contributed by atoms with Crippen LogP contribution in [0.3, 0.4) is 0 Å². The number of aromatic nitrogens is 4. The molecule has 1 aromatic heterocycles. The second-order valence-electron chi connectivity index (χ2n) is 2.46. The van der Waals surface area contributed by atoms with Gasteiger partial charge in [0.25, 0.3) is 0 Å². The number of anilines is 1. The van der Waals surface area contributed by atoms with Gasteiger partial charge in [0.05, 0.1) is 0 Å². The van der Waals surface area contributed by atoms with Crippen LogP contribution in [0.4, 0.5) is 5.95 Å². The molecule has 12 heavy (non-hydrogen) atoms. The average Bonchev–Trinajstić information content (AvgIpc) is 2.46. The Kier molecular flexibility index (Phi) is 3.86. The standard InChI is InChI=1S/C6H13N5S/c1-12-5-3-2-4-11-6(7)8-9-10-11/h2-5H2,1H3,(H2,7,8,10). The van der Waals surface area contributed by atoms with Crippen LogP contribution in [-0.4, -0.2) is 32.2 Å². The fourth-order valence-electron chi connectivity index (χ4n) is 0.879. The molecule has 0 amide bonds. The minimum atomic E-state index is 0.402. The van der Waals surface area contributed by atoms with Crippen LogP contribution < -0.4 is 5.73 Å². The summed E-state index contributed by atoms with van der Waals surface area (Å²) in [7, 11) is 0. The predicted molar refractivity (Wildman–Crippen MR) is 49.8 cm³/mol. The van der Waals surface area contributed by atoms with Crippen LogP contribution in [0.25, 0.3) is 0 Å². The normalized spacial score (nSPS) is 10.4. The van der Waals surface area contributed by atoms with Crippen molar-refractivity contribution in [3.05, 3.63) is 0 Å². The van der Waals surface area contributed by atoms with Crippen molar-refractivity contribution in [1.82, 2.24) is 20.2 Å². The molecule has 5 nitrogen and oxygen atoms in total. The van der Waals surface area contributed by atoms with Gasteiger partial charge in [-0.1, -0.05) is 5.10 Å². The Balaban J connectivity index is 2.20. The number of hydrogen-bond donors (Lipinski definition) is 1. The summed E-state index contributed by atoms with van der Waals surface area (Å²) in [4.78, 5) is 0. The Labute approximate surface area is 75.7 Å². The number of tetrazole rings is 1. The SMILES string of the molecule is CSCCCCn1nnnc1N. The second-order valence-corrected chi connectivity index (χ2v) is 3.45. The molecule has 0 spiro atoms. The minimum absolute atomic E-state index is 0.402. The van der Waals surface area contributed by atoms with Crippen LogP contribution in [0.1, 0.15) is 12.8 Å². The third kappa shape index (κ3) is 2.69. The molecule has 6 heteroatoms. The molecule has 0 atom stereocenters. The van der Waals surface area contributed by atoms with Gasteiger partial charge >= 0.3 is 0 Å². The lowest BCUT2D eigenvalue weighted by Gasteiger charge is -1.99. The van der Waals surface area contributed by atoms with Crippen LogP contribution in [0, 0.1) is 0 Å². The highest BCUT2D eigenvalue weighted by Gasteiger charge is 1.98.